The van der Waals surface area contributed by atoms with E-state index < -0.39 is 118 Å². The van der Waals surface area contributed by atoms with E-state index in [0.29, 0.717) is 11.0 Å². The number of hydrogen-bond donors (Lipinski definition) is 0. The van der Waals surface area contributed by atoms with Crippen molar-refractivity contribution in [1.29, 1.82) is 0 Å². The Bertz CT molecular complexity index is 3990. The second kappa shape index (κ2) is 13.0. The van der Waals surface area contributed by atoms with Crippen molar-refractivity contribution in [1.82, 2.24) is 24.1 Å². The third kappa shape index (κ3) is 5.21. The van der Waals surface area contributed by atoms with Crippen LogP contribution in [0.3, 0.4) is 0 Å². The normalized spacial score (nSPS) is 15.1. The fourth-order valence-electron chi connectivity index (χ4n) is 7.44. The van der Waals surface area contributed by atoms with E-state index in [1.54, 1.807) is 4.57 Å². The van der Waals surface area contributed by atoms with Crippen molar-refractivity contribution < 1.29 is 19.2 Å². The van der Waals surface area contributed by atoms with Gasteiger partial charge in [-0.1, -0.05) is 163 Å². The highest BCUT2D eigenvalue weighted by atomic mass is 15.2. The summed E-state index contributed by atoms with van der Waals surface area (Å²) in [4.78, 5) is 14.2. The van der Waals surface area contributed by atoms with E-state index in [9.17, 15) is 2.74 Å². The van der Waals surface area contributed by atoms with Gasteiger partial charge >= 0.3 is 0 Å². The summed E-state index contributed by atoms with van der Waals surface area (Å²) in [6, 6.07) is 28.0. The molecule has 0 atom stereocenters. The Morgan fingerprint density at radius 3 is 1.52 bits per heavy atom. The highest BCUT2D eigenvalue weighted by molar-refractivity contribution is 6.28. The molecule has 8 aromatic carbocycles. The molecule has 3 aromatic heterocycles. The average molecular weight is 730 g/mol. The molecule has 0 unspecified atom stereocenters. The van der Waals surface area contributed by atoms with E-state index in [1.807, 2.05) is 72.8 Å². The Kier molecular flexibility index (Phi) is 4.83. The molecule has 0 radical (unpaired) electrons. The second-order valence-electron chi connectivity index (χ2n) is 13.0. The molecule has 0 aliphatic heterocycles. The van der Waals surface area contributed by atoms with Gasteiger partial charge in [-0.2, -0.15) is 9.97 Å². The number of benzene rings is 8. The van der Waals surface area contributed by atoms with Gasteiger partial charge < -0.3 is 4.57 Å². The van der Waals surface area contributed by atoms with Crippen LogP contribution >= 0.6 is 0 Å². The maximum Gasteiger partial charge on any atom is 0.238 e. The highest BCUT2D eigenvalue weighted by Crippen LogP contribution is 2.42. The highest BCUT2D eigenvalue weighted by Gasteiger charge is 2.22. The predicted molar refractivity (Wildman–Crippen MR) is 230 cm³/mol. The van der Waals surface area contributed by atoms with Crippen molar-refractivity contribution in [3.8, 4) is 56.7 Å². The Morgan fingerprint density at radius 1 is 0.357 bits per heavy atom. The Labute approximate surface area is 343 Å². The standard InChI is InChI=1S/C51H33N5/c1-4-15-34(16-5-1)36-27-29-38(30-28-36)50-52-49(37-19-8-3-9-20-37)53-51(54-50)56-44-26-13-11-24-42(44)48-46(56)32-31-45-47(48)41-23-10-12-25-43(41)55(45)40-22-14-21-39(33-40)35-17-6-2-7-18-35/h1-33H/i1D,3D,4D,5D,8D,9D,15D,16D,19D,20D,27D,28D,29D,30D. The first-order chi connectivity index (χ1) is 33.6. The van der Waals surface area contributed by atoms with Crippen molar-refractivity contribution in [2.45, 2.75) is 0 Å². The Balaban J connectivity index is 1.22. The lowest BCUT2D eigenvalue weighted by atomic mass is 10.0. The maximum atomic E-state index is 9.30. The quantitative estimate of drug-likeness (QED) is 0.171. The largest absolute Gasteiger partial charge is 0.309 e. The first kappa shape index (κ1) is 20.7. The molecule has 0 saturated heterocycles. The minimum atomic E-state index is -0.759. The van der Waals surface area contributed by atoms with Gasteiger partial charge in [0, 0.05) is 38.4 Å². The second-order valence-corrected chi connectivity index (χ2v) is 13.0. The molecule has 0 saturated carbocycles. The molecule has 5 heteroatoms. The molecule has 11 rings (SSSR count). The SMILES string of the molecule is [2H]c1c([2H])c([2H])c(-c2nc(-c3c([2H])c([2H])c(-c4c([2H])c([2H])c([2H])c([2H])c4[2H])c([2H])c3[2H])nc(-n3c4ccccc4c4c5c6ccccc6n(-c6cccc(-c7ccccc7)c6)c5ccc43)n2)c([2H])c1[2H]. The molecular weight excluding hydrogens is 683 g/mol. The van der Waals surface area contributed by atoms with Gasteiger partial charge in [0.15, 0.2) is 11.6 Å². The van der Waals surface area contributed by atoms with Crippen molar-refractivity contribution in [3.05, 3.63) is 200 Å². The summed E-state index contributed by atoms with van der Waals surface area (Å²) in [5.41, 5.74) is 4.07. The molecule has 0 spiro atoms. The number of para-hydroxylation sites is 2. The topological polar surface area (TPSA) is 48.5 Å². The molecule has 0 amide bonds. The monoisotopic (exact) mass is 729 g/mol. The molecule has 5 nitrogen and oxygen atoms in total. The van der Waals surface area contributed by atoms with Crippen LogP contribution < -0.4 is 0 Å². The molecule has 0 fully saturated rings. The zero-order valence-corrected chi connectivity index (χ0v) is 29.2. The van der Waals surface area contributed by atoms with Crippen molar-refractivity contribution in [3.63, 3.8) is 0 Å². The van der Waals surface area contributed by atoms with E-state index in [4.69, 9.17) is 26.4 Å². The van der Waals surface area contributed by atoms with Gasteiger partial charge in [0.25, 0.3) is 0 Å². The van der Waals surface area contributed by atoms with Crippen molar-refractivity contribution >= 4 is 43.6 Å². The fraction of sp³-hybridized carbons (Fsp3) is 0. The third-order valence-electron chi connectivity index (χ3n) is 9.83. The van der Waals surface area contributed by atoms with Crippen LogP contribution in [0.5, 0.6) is 0 Å². The van der Waals surface area contributed by atoms with Crippen LogP contribution in [-0.2, 0) is 0 Å². The van der Waals surface area contributed by atoms with Gasteiger partial charge in [0.2, 0.25) is 5.95 Å². The van der Waals surface area contributed by atoms with Gasteiger partial charge in [0.1, 0.15) is 0 Å². The number of aromatic nitrogens is 5. The average Bonchev–Trinajstić information content (AvgIpc) is 3.90. The zero-order valence-electron chi connectivity index (χ0n) is 43.2. The van der Waals surface area contributed by atoms with Crippen molar-refractivity contribution in [2.75, 3.05) is 0 Å². The Hall–Kier alpha value is -7.63. The molecule has 11 aromatic rings. The molecule has 56 heavy (non-hydrogen) atoms. The van der Waals surface area contributed by atoms with E-state index in [-0.39, 0.29) is 5.95 Å². The molecule has 0 aliphatic rings. The molecule has 262 valence electrons. The minimum Gasteiger partial charge on any atom is -0.309 e. The third-order valence-corrected chi connectivity index (χ3v) is 9.83. The summed E-state index contributed by atoms with van der Waals surface area (Å²) in [5.74, 6) is -1.04. The van der Waals surface area contributed by atoms with E-state index in [2.05, 4.69) is 52.0 Å². The van der Waals surface area contributed by atoms with Crippen LogP contribution in [0.2, 0.25) is 0 Å². The Morgan fingerprint density at radius 2 is 0.857 bits per heavy atom. The van der Waals surface area contributed by atoms with Gasteiger partial charge in [-0.3, -0.25) is 4.57 Å². The summed E-state index contributed by atoms with van der Waals surface area (Å²) in [7, 11) is 0. The lowest BCUT2D eigenvalue weighted by Crippen LogP contribution is -2.06. The number of nitrogens with zero attached hydrogens (tertiary/aromatic N) is 5. The van der Waals surface area contributed by atoms with Crippen LogP contribution in [0, 0.1) is 0 Å². The minimum absolute atomic E-state index is 0.150. The van der Waals surface area contributed by atoms with Gasteiger partial charge in [-0.05, 0) is 58.7 Å². The van der Waals surface area contributed by atoms with Crippen molar-refractivity contribution in [2.24, 2.45) is 0 Å². The lowest BCUT2D eigenvalue weighted by molar-refractivity contribution is 0.953. The summed E-state index contributed by atoms with van der Waals surface area (Å²) in [6.45, 7) is 0. The van der Waals surface area contributed by atoms with Crippen LogP contribution in [0.25, 0.3) is 100 Å². The van der Waals surface area contributed by atoms with Crippen LogP contribution in [0.4, 0.5) is 0 Å². The summed E-state index contributed by atoms with van der Waals surface area (Å²) < 4.78 is 126. The first-order valence-electron chi connectivity index (χ1n) is 24.7. The molecule has 0 N–H and O–H groups in total. The smallest absolute Gasteiger partial charge is 0.238 e. The van der Waals surface area contributed by atoms with Crippen LogP contribution in [0.1, 0.15) is 19.2 Å². The van der Waals surface area contributed by atoms with E-state index in [0.717, 1.165) is 49.4 Å². The van der Waals surface area contributed by atoms with Gasteiger partial charge in [-0.15, -0.1) is 0 Å². The zero-order chi connectivity index (χ0) is 49.2. The molecule has 0 bridgehead atoms. The fourth-order valence-corrected chi connectivity index (χ4v) is 7.44. The maximum absolute atomic E-state index is 9.30. The van der Waals surface area contributed by atoms with Crippen LogP contribution in [0.15, 0.2) is 200 Å². The number of hydrogen-bond acceptors (Lipinski definition) is 3. The lowest BCUT2D eigenvalue weighted by Gasteiger charge is -2.12. The predicted octanol–water partition coefficient (Wildman–Crippen LogP) is 12.7. The van der Waals surface area contributed by atoms with E-state index in [1.165, 1.54) is 0 Å². The number of rotatable bonds is 6. The van der Waals surface area contributed by atoms with Gasteiger partial charge in [0.05, 0.1) is 41.3 Å². The van der Waals surface area contributed by atoms with E-state index >= 15 is 0 Å². The van der Waals surface area contributed by atoms with Gasteiger partial charge in [-0.25, -0.2) is 4.98 Å². The summed E-state index contributed by atoms with van der Waals surface area (Å²) in [6.07, 6.45) is 0. The summed E-state index contributed by atoms with van der Waals surface area (Å²) >= 11 is 0. The molecular formula is C51H33N5. The van der Waals surface area contributed by atoms with Crippen LogP contribution in [-0.4, -0.2) is 24.1 Å². The number of fused-ring (bicyclic) bond motifs is 7. The molecule has 3 heterocycles. The first-order valence-corrected chi connectivity index (χ1v) is 17.7. The summed E-state index contributed by atoms with van der Waals surface area (Å²) in [5, 5.41) is 3.43. The molecule has 0 aliphatic carbocycles.